The summed E-state index contributed by atoms with van der Waals surface area (Å²) < 4.78 is 7.47. The van der Waals surface area contributed by atoms with Crippen LogP contribution in [0.5, 0.6) is 5.75 Å². The van der Waals surface area contributed by atoms with Gasteiger partial charge < -0.3 is 9.30 Å². The first-order valence-corrected chi connectivity index (χ1v) is 13.2. The van der Waals surface area contributed by atoms with Gasteiger partial charge in [0.05, 0.1) is 11.0 Å². The topological polar surface area (TPSA) is 31.2 Å². The fraction of sp³-hybridized carbons (Fsp3) is 0. The van der Waals surface area contributed by atoms with Gasteiger partial charge in [-0.15, -0.1) is 0 Å². The Hall–Kier alpha value is -5.41. The fourth-order valence-corrected chi connectivity index (χ4v) is 4.94. The van der Waals surface area contributed by atoms with E-state index in [0.29, 0.717) is 5.75 Å². The molecule has 3 heteroatoms. The summed E-state index contributed by atoms with van der Waals surface area (Å²) in [6.07, 6.45) is 7.57. The number of hydrogen-bond acceptors (Lipinski definition) is 2. The molecule has 0 saturated carbocycles. The Kier molecular flexibility index (Phi) is 6.93. The van der Waals surface area contributed by atoms with Gasteiger partial charge in [-0.05, 0) is 52.6 Å². The first-order chi connectivity index (χ1) is 19.7. The van der Waals surface area contributed by atoms with E-state index >= 15 is 0 Å². The Morgan fingerprint density at radius 1 is 0.625 bits per heavy atom. The molecular weight excluding hydrogens is 490 g/mol. The molecule has 6 rings (SSSR count). The van der Waals surface area contributed by atoms with E-state index in [4.69, 9.17) is 4.74 Å². The van der Waals surface area contributed by atoms with Crippen LogP contribution in [-0.4, -0.2) is 10.5 Å². The van der Waals surface area contributed by atoms with Crippen molar-refractivity contribution in [3.8, 4) is 5.75 Å². The number of carbonyl (C=O) groups excluding carboxylic acids is 1. The van der Waals surface area contributed by atoms with E-state index in [1.807, 2.05) is 24.3 Å². The van der Waals surface area contributed by atoms with Crippen LogP contribution in [0.1, 0.15) is 22.3 Å². The van der Waals surface area contributed by atoms with Gasteiger partial charge in [-0.1, -0.05) is 116 Å². The van der Waals surface area contributed by atoms with Crippen LogP contribution in [0.25, 0.3) is 45.7 Å². The maximum absolute atomic E-state index is 11.4. The molecule has 0 spiro atoms. The van der Waals surface area contributed by atoms with Gasteiger partial charge in [-0.3, -0.25) is 0 Å². The molecule has 0 amide bonds. The van der Waals surface area contributed by atoms with E-state index in [1.165, 1.54) is 21.9 Å². The molecule has 0 radical (unpaired) electrons. The Morgan fingerprint density at radius 2 is 1.20 bits per heavy atom. The highest BCUT2D eigenvalue weighted by Gasteiger charge is 2.12. The molecule has 0 N–H and O–H groups in total. The number of rotatable bonds is 7. The largest absolute Gasteiger partial charge is 0.423 e. The van der Waals surface area contributed by atoms with Gasteiger partial charge >= 0.3 is 5.97 Å². The number of para-hydroxylation sites is 1. The van der Waals surface area contributed by atoms with Crippen LogP contribution in [-0.2, 0) is 4.79 Å². The van der Waals surface area contributed by atoms with Crippen molar-refractivity contribution in [2.75, 3.05) is 0 Å². The number of nitrogens with zero attached hydrogens (tertiary/aromatic N) is 1. The number of aromatic nitrogens is 1. The number of ether oxygens (including phenoxy) is 1. The van der Waals surface area contributed by atoms with E-state index < -0.39 is 5.97 Å². The van der Waals surface area contributed by atoms with Gasteiger partial charge in [-0.25, -0.2) is 4.79 Å². The van der Waals surface area contributed by atoms with Crippen molar-refractivity contribution in [2.24, 2.45) is 0 Å². The Labute approximate surface area is 233 Å². The molecule has 0 aliphatic carbocycles. The molecule has 5 aromatic carbocycles. The van der Waals surface area contributed by atoms with E-state index in [0.717, 1.165) is 33.8 Å². The Balaban J connectivity index is 1.41. The highest BCUT2D eigenvalue weighted by atomic mass is 16.5. The quantitative estimate of drug-likeness (QED) is 0.0915. The molecule has 0 saturated heterocycles. The van der Waals surface area contributed by atoms with E-state index in [-0.39, 0.29) is 0 Å². The molecule has 0 fully saturated rings. The van der Waals surface area contributed by atoms with Crippen molar-refractivity contribution in [1.82, 2.24) is 4.57 Å². The number of fused-ring (bicyclic) bond motifs is 3. The molecule has 0 unspecified atom stereocenters. The van der Waals surface area contributed by atoms with Gasteiger partial charge in [0.2, 0.25) is 0 Å². The molecule has 0 aliphatic rings. The minimum Gasteiger partial charge on any atom is -0.423 e. The Morgan fingerprint density at radius 3 is 1.88 bits per heavy atom. The molecule has 0 bridgehead atoms. The van der Waals surface area contributed by atoms with Crippen LogP contribution >= 0.6 is 0 Å². The minimum absolute atomic E-state index is 0.467. The van der Waals surface area contributed by atoms with Gasteiger partial charge in [0.25, 0.3) is 0 Å². The normalized spacial score (nSPS) is 11.1. The lowest BCUT2D eigenvalue weighted by molar-refractivity contribution is -0.128. The smallest absolute Gasteiger partial charge is 0.335 e. The zero-order valence-electron chi connectivity index (χ0n) is 21.9. The Bertz CT molecular complexity index is 1830. The van der Waals surface area contributed by atoms with E-state index in [1.54, 1.807) is 12.1 Å². The molecule has 1 heterocycles. The number of esters is 1. The van der Waals surface area contributed by atoms with Crippen molar-refractivity contribution in [2.45, 2.75) is 0 Å². The first kappa shape index (κ1) is 24.9. The molecule has 40 heavy (non-hydrogen) atoms. The van der Waals surface area contributed by atoms with Gasteiger partial charge in [0, 0.05) is 28.6 Å². The lowest BCUT2D eigenvalue weighted by Crippen LogP contribution is -2.02. The standard InChI is InChI=1S/C37H27NO2/c1-2-37(39)40-31-22-19-27(20-23-31)17-18-28-21-24-36-33(25-28)32-15-9-10-16-35(32)38(36)26-34(29-11-5-3-6-12-29)30-13-7-4-8-14-30/h2-26H,1H2. The predicted molar refractivity (Wildman–Crippen MR) is 167 cm³/mol. The van der Waals surface area contributed by atoms with Crippen molar-refractivity contribution >= 4 is 51.7 Å². The number of hydrogen-bond donors (Lipinski definition) is 0. The average molecular weight is 518 g/mol. The summed E-state index contributed by atoms with van der Waals surface area (Å²) in [5.74, 6) is 0.0277. The lowest BCUT2D eigenvalue weighted by atomic mass is 9.99. The lowest BCUT2D eigenvalue weighted by Gasteiger charge is -2.11. The molecule has 6 aromatic rings. The van der Waals surface area contributed by atoms with Crippen LogP contribution < -0.4 is 4.74 Å². The van der Waals surface area contributed by atoms with Crippen LogP contribution in [0.3, 0.4) is 0 Å². The van der Waals surface area contributed by atoms with E-state index in [9.17, 15) is 4.79 Å². The summed E-state index contributed by atoms with van der Waals surface area (Å²) in [5.41, 5.74) is 7.93. The van der Waals surface area contributed by atoms with Crippen molar-refractivity contribution in [3.63, 3.8) is 0 Å². The summed E-state index contributed by atoms with van der Waals surface area (Å²) in [6.45, 7) is 3.43. The second-order valence-electron chi connectivity index (χ2n) is 9.47. The minimum atomic E-state index is -0.467. The van der Waals surface area contributed by atoms with Gasteiger partial charge in [0.1, 0.15) is 5.75 Å². The maximum Gasteiger partial charge on any atom is 0.335 e. The molecular formula is C37H27NO2. The fourth-order valence-electron chi connectivity index (χ4n) is 4.94. The third-order valence-electron chi connectivity index (χ3n) is 6.90. The summed E-state index contributed by atoms with van der Waals surface area (Å²) in [7, 11) is 0. The molecule has 1 aromatic heterocycles. The monoisotopic (exact) mass is 517 g/mol. The zero-order valence-corrected chi connectivity index (χ0v) is 21.9. The number of carbonyl (C=O) groups is 1. The second-order valence-corrected chi connectivity index (χ2v) is 9.47. The molecule has 3 nitrogen and oxygen atoms in total. The van der Waals surface area contributed by atoms with Crippen LogP contribution in [0.15, 0.2) is 140 Å². The highest BCUT2D eigenvalue weighted by Crippen LogP contribution is 2.33. The average Bonchev–Trinajstić information content (AvgIpc) is 3.33. The first-order valence-electron chi connectivity index (χ1n) is 13.2. The van der Waals surface area contributed by atoms with Gasteiger partial charge in [-0.2, -0.15) is 0 Å². The zero-order chi connectivity index (χ0) is 27.3. The summed E-state index contributed by atoms with van der Waals surface area (Å²) in [4.78, 5) is 11.4. The summed E-state index contributed by atoms with van der Waals surface area (Å²) in [5, 5.41) is 2.40. The maximum atomic E-state index is 11.4. The summed E-state index contributed by atoms with van der Waals surface area (Å²) in [6, 6.07) is 43.6. The van der Waals surface area contributed by atoms with Crippen LogP contribution in [0.4, 0.5) is 0 Å². The van der Waals surface area contributed by atoms with Crippen molar-refractivity contribution in [3.05, 3.63) is 162 Å². The SMILES string of the molecule is C=CC(=O)Oc1ccc(C=Cc2ccc3c(c2)c2ccccc2n3C=C(c2ccccc2)c2ccccc2)cc1. The third kappa shape index (κ3) is 5.13. The van der Waals surface area contributed by atoms with Crippen molar-refractivity contribution < 1.29 is 9.53 Å². The van der Waals surface area contributed by atoms with Crippen LogP contribution in [0.2, 0.25) is 0 Å². The third-order valence-corrected chi connectivity index (χ3v) is 6.90. The van der Waals surface area contributed by atoms with Crippen molar-refractivity contribution in [1.29, 1.82) is 0 Å². The van der Waals surface area contributed by atoms with Gasteiger partial charge in [0.15, 0.2) is 0 Å². The van der Waals surface area contributed by atoms with E-state index in [2.05, 4.69) is 120 Å². The second kappa shape index (κ2) is 11.1. The predicted octanol–water partition coefficient (Wildman–Crippen LogP) is 9.10. The highest BCUT2D eigenvalue weighted by molar-refractivity contribution is 6.11. The molecule has 192 valence electrons. The van der Waals surface area contributed by atoms with Crippen LogP contribution in [0, 0.1) is 0 Å². The molecule has 0 atom stereocenters. The number of benzene rings is 5. The summed E-state index contributed by atoms with van der Waals surface area (Å²) >= 11 is 0. The molecule has 0 aliphatic heterocycles.